The lowest BCUT2D eigenvalue weighted by Gasteiger charge is -2.17. The van der Waals surface area contributed by atoms with E-state index in [1.165, 1.54) is 18.2 Å². The van der Waals surface area contributed by atoms with Crippen LogP contribution in [0.2, 0.25) is 10.0 Å². The van der Waals surface area contributed by atoms with E-state index in [0.29, 0.717) is 16.4 Å². The Morgan fingerprint density at radius 1 is 1.07 bits per heavy atom. The number of nitriles is 2. The van der Waals surface area contributed by atoms with Crippen molar-refractivity contribution in [1.82, 2.24) is 0 Å². The van der Waals surface area contributed by atoms with Gasteiger partial charge in [-0.15, -0.1) is 0 Å². The van der Waals surface area contributed by atoms with E-state index in [1.807, 2.05) is 18.2 Å². The Hall–Kier alpha value is -2.97. The normalized spacial score (nSPS) is 15.6. The number of anilines is 2. The lowest BCUT2D eigenvalue weighted by atomic mass is 10.3. The van der Waals surface area contributed by atoms with Crippen LogP contribution in [0.15, 0.2) is 59.1 Å². The average Bonchev–Trinajstić information content (AvgIpc) is 2.99. The minimum absolute atomic E-state index is 0.0755. The molecule has 0 aromatic heterocycles. The molecule has 1 aliphatic heterocycles. The maximum absolute atomic E-state index is 12.9. The first-order valence-electron chi connectivity index (χ1n) is 8.29. The number of allylic oxidation sites excluding steroid dienone is 1. The zero-order valence-electron chi connectivity index (χ0n) is 14.7. The SMILES string of the molecule is N#CC(C#N)=C(Nc1ccccc1)S[C@H]1CC(=O)N(c2ccc(Cl)c(Cl)c2)C1=O. The predicted octanol–water partition coefficient (Wildman–Crippen LogP) is 4.73. The van der Waals surface area contributed by atoms with E-state index >= 15 is 0 Å². The van der Waals surface area contributed by atoms with Gasteiger partial charge in [0.15, 0.2) is 5.57 Å². The zero-order chi connectivity index (χ0) is 21.0. The van der Waals surface area contributed by atoms with Gasteiger partial charge in [0.2, 0.25) is 11.8 Å². The van der Waals surface area contributed by atoms with Crippen LogP contribution >= 0.6 is 35.0 Å². The number of carbonyl (C=O) groups excluding carboxylic acids is 2. The topological polar surface area (TPSA) is 97.0 Å². The minimum atomic E-state index is -0.792. The number of benzene rings is 2. The van der Waals surface area contributed by atoms with Gasteiger partial charge in [0.25, 0.3) is 0 Å². The monoisotopic (exact) mass is 442 g/mol. The lowest BCUT2D eigenvalue weighted by molar-refractivity contribution is -0.121. The van der Waals surface area contributed by atoms with Gasteiger partial charge in [-0.05, 0) is 30.3 Å². The molecule has 0 spiro atoms. The summed E-state index contributed by atoms with van der Waals surface area (Å²) in [7, 11) is 0. The van der Waals surface area contributed by atoms with Crippen LogP contribution in [-0.4, -0.2) is 17.1 Å². The summed E-state index contributed by atoms with van der Waals surface area (Å²) in [6.07, 6.45) is -0.0755. The van der Waals surface area contributed by atoms with E-state index in [2.05, 4.69) is 5.32 Å². The standard InChI is InChI=1S/C20H12Cl2N4O2S/c21-15-7-6-14(8-16(15)22)26-18(27)9-17(20(26)28)29-19(12(10-23)11-24)25-13-4-2-1-3-5-13/h1-8,17,25H,9H2/t17-/m0/s1. The zero-order valence-corrected chi connectivity index (χ0v) is 17.1. The molecule has 0 saturated carbocycles. The Kier molecular flexibility index (Phi) is 6.46. The van der Waals surface area contributed by atoms with Crippen molar-refractivity contribution in [3.05, 3.63) is 69.2 Å². The van der Waals surface area contributed by atoms with Crippen molar-refractivity contribution in [1.29, 1.82) is 10.5 Å². The summed E-state index contributed by atoms with van der Waals surface area (Å²) in [5.74, 6) is -0.860. The largest absolute Gasteiger partial charge is 0.349 e. The highest BCUT2D eigenvalue weighted by atomic mass is 35.5. The first-order valence-corrected chi connectivity index (χ1v) is 9.93. The highest BCUT2D eigenvalue weighted by Gasteiger charge is 2.41. The van der Waals surface area contributed by atoms with Crippen molar-refractivity contribution in [3.8, 4) is 12.1 Å². The molecule has 0 bridgehead atoms. The molecule has 1 heterocycles. The molecule has 3 rings (SSSR count). The number of carbonyl (C=O) groups is 2. The molecule has 1 atom stereocenters. The molecule has 2 aromatic carbocycles. The number of halogens is 2. The summed E-state index contributed by atoms with van der Waals surface area (Å²) in [6.45, 7) is 0. The van der Waals surface area contributed by atoms with Crippen LogP contribution in [0.1, 0.15) is 6.42 Å². The first kappa shape index (κ1) is 20.8. The van der Waals surface area contributed by atoms with Crippen LogP contribution in [0.4, 0.5) is 11.4 Å². The van der Waals surface area contributed by atoms with Crippen molar-refractivity contribution >= 4 is 58.2 Å². The third-order valence-electron chi connectivity index (χ3n) is 4.01. The summed E-state index contributed by atoms with van der Waals surface area (Å²) >= 11 is 12.9. The first-order chi connectivity index (χ1) is 13.9. The van der Waals surface area contributed by atoms with Gasteiger partial charge in [0.05, 0.1) is 21.0 Å². The van der Waals surface area contributed by atoms with Crippen LogP contribution in [-0.2, 0) is 9.59 Å². The summed E-state index contributed by atoms with van der Waals surface area (Å²) in [5.41, 5.74) is 0.794. The number of nitrogens with one attached hydrogen (secondary N) is 1. The van der Waals surface area contributed by atoms with Gasteiger partial charge >= 0.3 is 0 Å². The number of para-hydroxylation sites is 1. The average molecular weight is 443 g/mol. The highest BCUT2D eigenvalue weighted by Crippen LogP contribution is 2.36. The fraction of sp³-hybridized carbons (Fsp3) is 0.100. The van der Waals surface area contributed by atoms with Crippen molar-refractivity contribution in [3.63, 3.8) is 0 Å². The number of hydrogen-bond donors (Lipinski definition) is 1. The molecule has 1 N–H and O–H groups in total. The van der Waals surface area contributed by atoms with Gasteiger partial charge in [0.1, 0.15) is 17.2 Å². The third kappa shape index (κ3) is 4.55. The summed E-state index contributed by atoms with van der Waals surface area (Å²) < 4.78 is 0. The molecule has 1 saturated heterocycles. The van der Waals surface area contributed by atoms with Crippen molar-refractivity contribution in [2.75, 3.05) is 10.2 Å². The van der Waals surface area contributed by atoms with Crippen molar-refractivity contribution in [2.24, 2.45) is 0 Å². The van der Waals surface area contributed by atoms with E-state index in [-0.39, 0.29) is 22.0 Å². The Balaban J connectivity index is 1.87. The van der Waals surface area contributed by atoms with Crippen LogP contribution < -0.4 is 10.2 Å². The summed E-state index contributed by atoms with van der Waals surface area (Å²) in [4.78, 5) is 26.4. The van der Waals surface area contributed by atoms with Crippen LogP contribution in [0.3, 0.4) is 0 Å². The van der Waals surface area contributed by atoms with Gasteiger partial charge in [-0.25, -0.2) is 4.90 Å². The maximum Gasteiger partial charge on any atom is 0.247 e. The Morgan fingerprint density at radius 3 is 2.38 bits per heavy atom. The smallest absolute Gasteiger partial charge is 0.247 e. The number of amides is 2. The Bertz CT molecular complexity index is 1070. The number of nitrogens with zero attached hydrogens (tertiary/aromatic N) is 3. The van der Waals surface area contributed by atoms with Crippen LogP contribution in [0, 0.1) is 22.7 Å². The second-order valence-corrected chi connectivity index (χ2v) is 7.92. The third-order valence-corrected chi connectivity index (χ3v) is 5.94. The molecule has 0 aliphatic carbocycles. The molecule has 6 nitrogen and oxygen atoms in total. The lowest BCUT2D eigenvalue weighted by Crippen LogP contribution is -2.31. The number of imide groups is 1. The molecular weight excluding hydrogens is 431 g/mol. The molecule has 0 unspecified atom stereocenters. The molecule has 144 valence electrons. The predicted molar refractivity (Wildman–Crippen MR) is 113 cm³/mol. The van der Waals surface area contributed by atoms with Crippen molar-refractivity contribution in [2.45, 2.75) is 11.7 Å². The molecule has 1 fully saturated rings. The molecule has 0 radical (unpaired) electrons. The minimum Gasteiger partial charge on any atom is -0.349 e. The molecule has 2 aromatic rings. The Labute approximate surface area is 181 Å². The van der Waals surface area contributed by atoms with E-state index in [1.54, 1.807) is 24.3 Å². The van der Waals surface area contributed by atoms with Gasteiger partial charge < -0.3 is 5.32 Å². The number of hydrogen-bond acceptors (Lipinski definition) is 6. The van der Waals surface area contributed by atoms with E-state index in [0.717, 1.165) is 16.7 Å². The molecule has 1 aliphatic rings. The van der Waals surface area contributed by atoms with Gasteiger partial charge in [-0.1, -0.05) is 53.2 Å². The molecular formula is C20H12Cl2N4O2S. The number of rotatable bonds is 5. The number of thioether (sulfide) groups is 1. The summed E-state index contributed by atoms with van der Waals surface area (Å²) in [5, 5.41) is 21.5. The molecule has 29 heavy (non-hydrogen) atoms. The second-order valence-electron chi connectivity index (χ2n) is 5.90. The molecule has 9 heteroatoms. The van der Waals surface area contributed by atoms with Gasteiger partial charge in [-0.3, -0.25) is 9.59 Å². The maximum atomic E-state index is 12.9. The highest BCUT2D eigenvalue weighted by molar-refractivity contribution is 8.04. The molecule has 2 amide bonds. The van der Waals surface area contributed by atoms with E-state index < -0.39 is 17.1 Å². The van der Waals surface area contributed by atoms with Gasteiger partial charge in [-0.2, -0.15) is 10.5 Å². The summed E-state index contributed by atoms with van der Waals surface area (Å²) in [6, 6.07) is 17.1. The van der Waals surface area contributed by atoms with Gasteiger partial charge in [0, 0.05) is 12.1 Å². The fourth-order valence-electron chi connectivity index (χ4n) is 2.66. The Morgan fingerprint density at radius 2 is 1.76 bits per heavy atom. The van der Waals surface area contributed by atoms with Crippen molar-refractivity contribution < 1.29 is 9.59 Å². The van der Waals surface area contributed by atoms with Crippen LogP contribution in [0.5, 0.6) is 0 Å². The fourth-order valence-corrected chi connectivity index (χ4v) is 4.06. The van der Waals surface area contributed by atoms with E-state index in [9.17, 15) is 20.1 Å². The quantitative estimate of drug-likeness (QED) is 0.530. The van der Waals surface area contributed by atoms with Crippen LogP contribution in [0.25, 0.3) is 0 Å². The second kappa shape index (κ2) is 9.02. The van der Waals surface area contributed by atoms with E-state index in [4.69, 9.17) is 23.2 Å².